The van der Waals surface area contributed by atoms with Gasteiger partial charge in [-0.1, -0.05) is 71.1 Å². The number of fused-ring (bicyclic) bond motifs is 5. The molecule has 0 aromatic rings. The number of esters is 1. The summed E-state index contributed by atoms with van der Waals surface area (Å²) >= 11 is 0. The molecule has 5 aliphatic rings. The van der Waals surface area contributed by atoms with E-state index in [1.165, 1.54) is 4.90 Å². The molecular weight excluding hydrogens is 819 g/mol. The van der Waals surface area contributed by atoms with Gasteiger partial charge in [0.25, 0.3) is 11.7 Å². The number of Topliss-reactive ketones (excluding diaryl/α,β-unsaturated/α-hetero) is 3. The van der Waals surface area contributed by atoms with Crippen LogP contribution in [0.25, 0.3) is 0 Å². The van der Waals surface area contributed by atoms with Crippen molar-refractivity contribution in [3.63, 3.8) is 0 Å². The molecule has 4 bridgehead atoms. The van der Waals surface area contributed by atoms with E-state index in [4.69, 9.17) is 14.2 Å². The first-order chi connectivity index (χ1) is 30.3. The lowest BCUT2D eigenvalue weighted by Gasteiger charge is -2.42. The van der Waals surface area contributed by atoms with E-state index < -0.39 is 84.2 Å². The topological polar surface area (TPSA) is 197 Å². The average molecular weight is 896 g/mol. The van der Waals surface area contributed by atoms with Gasteiger partial charge in [-0.2, -0.15) is 0 Å². The predicted octanol–water partition coefficient (Wildman–Crippen LogP) is 6.01. The maximum Gasteiger partial charge on any atom is 0.329 e. The van der Waals surface area contributed by atoms with Crippen LogP contribution in [0, 0.1) is 53.3 Å². The molecule has 2 aliphatic carbocycles. The molecule has 1 amide bonds. The highest BCUT2D eigenvalue weighted by atomic mass is 16.6. The molecule has 2 saturated heterocycles. The zero-order chi connectivity index (χ0) is 47.0. The van der Waals surface area contributed by atoms with Crippen LogP contribution >= 0.6 is 0 Å². The van der Waals surface area contributed by atoms with Crippen LogP contribution in [0.5, 0.6) is 0 Å². The van der Waals surface area contributed by atoms with Gasteiger partial charge in [0.2, 0.25) is 5.79 Å². The van der Waals surface area contributed by atoms with Crippen molar-refractivity contribution in [1.29, 1.82) is 0 Å². The van der Waals surface area contributed by atoms with E-state index in [2.05, 4.69) is 0 Å². The summed E-state index contributed by atoms with van der Waals surface area (Å²) in [4.78, 5) is 71.7. The monoisotopic (exact) mass is 896 g/mol. The molecule has 4 N–H and O–H groups in total. The molecule has 0 aromatic heterocycles. The molecule has 13 nitrogen and oxygen atoms in total. The van der Waals surface area contributed by atoms with Crippen LogP contribution in [0.4, 0.5) is 0 Å². The highest BCUT2D eigenvalue weighted by molar-refractivity contribution is 6.39. The van der Waals surface area contributed by atoms with E-state index in [-0.39, 0.29) is 54.8 Å². The Hall–Kier alpha value is -3.33. The Bertz CT molecular complexity index is 1780. The molecule has 358 valence electrons. The summed E-state index contributed by atoms with van der Waals surface area (Å²) in [6.07, 6.45) is 13.7. The van der Waals surface area contributed by atoms with Crippen LogP contribution in [0.1, 0.15) is 126 Å². The highest BCUT2D eigenvalue weighted by Crippen LogP contribution is 2.51. The van der Waals surface area contributed by atoms with E-state index in [1.807, 2.05) is 51.2 Å². The van der Waals surface area contributed by atoms with Crippen molar-refractivity contribution in [2.75, 3.05) is 20.3 Å². The number of methoxy groups -OCH3 is 1. The minimum absolute atomic E-state index is 0.00184. The number of hydrogen-bond donors (Lipinski definition) is 4. The fourth-order valence-electron chi connectivity index (χ4n) is 11.2. The third-order valence-electron chi connectivity index (χ3n) is 15.4. The quantitative estimate of drug-likeness (QED) is 0.143. The van der Waals surface area contributed by atoms with E-state index in [0.29, 0.717) is 62.4 Å². The van der Waals surface area contributed by atoms with E-state index >= 15 is 0 Å². The molecule has 0 unspecified atom stereocenters. The summed E-state index contributed by atoms with van der Waals surface area (Å²) in [6.45, 7) is 12.2. The summed E-state index contributed by atoms with van der Waals surface area (Å²) in [5.74, 6) is -8.22. The largest absolute Gasteiger partial charge is 0.460 e. The minimum atomic E-state index is -2.42. The zero-order valence-corrected chi connectivity index (χ0v) is 39.5. The smallest absolute Gasteiger partial charge is 0.329 e. The fraction of sp³-hybridized carbons (Fsp3) is 0.745. The average Bonchev–Trinajstić information content (AvgIpc) is 3.84. The van der Waals surface area contributed by atoms with Crippen molar-refractivity contribution in [3.8, 4) is 0 Å². The van der Waals surface area contributed by atoms with Crippen LogP contribution in [0.15, 0.2) is 47.6 Å². The molecule has 3 heterocycles. The summed E-state index contributed by atoms with van der Waals surface area (Å²) < 4.78 is 18.2. The second kappa shape index (κ2) is 22.9. The zero-order valence-electron chi connectivity index (χ0n) is 39.5. The molecule has 0 radical (unpaired) electrons. The van der Waals surface area contributed by atoms with Crippen LogP contribution in [0.2, 0.25) is 0 Å². The number of aliphatic hydroxyl groups excluding tert-OH is 3. The maximum absolute atomic E-state index is 14.3. The van der Waals surface area contributed by atoms with Gasteiger partial charge in [-0.05, 0) is 119 Å². The first kappa shape index (κ1) is 51.7. The summed E-state index contributed by atoms with van der Waals surface area (Å²) in [6, 6.07) is -1.12. The molecule has 5 rings (SSSR count). The number of ether oxygens (including phenoxy) is 3. The molecule has 13 heteroatoms. The summed E-state index contributed by atoms with van der Waals surface area (Å²) in [5.41, 5.74) is 1.25. The Balaban J connectivity index is 1.46. The van der Waals surface area contributed by atoms with Gasteiger partial charge in [0.1, 0.15) is 23.7 Å². The van der Waals surface area contributed by atoms with Gasteiger partial charge in [0.05, 0.1) is 36.9 Å². The number of amides is 1. The third-order valence-corrected chi connectivity index (χ3v) is 15.4. The Morgan fingerprint density at radius 3 is 2.28 bits per heavy atom. The minimum Gasteiger partial charge on any atom is -0.460 e. The second-order valence-corrected chi connectivity index (χ2v) is 20.3. The number of rotatable bonds is 5. The van der Waals surface area contributed by atoms with Gasteiger partial charge in [0, 0.05) is 44.2 Å². The van der Waals surface area contributed by atoms with Crippen molar-refractivity contribution in [1.82, 2.24) is 4.90 Å². The maximum atomic E-state index is 14.3. The number of allylic oxidation sites excluding steroid dienone is 6. The van der Waals surface area contributed by atoms with Gasteiger partial charge in [0.15, 0.2) is 0 Å². The van der Waals surface area contributed by atoms with E-state index in [1.54, 1.807) is 40.9 Å². The molecular formula is C51H77NO12. The van der Waals surface area contributed by atoms with Gasteiger partial charge >= 0.3 is 5.97 Å². The third kappa shape index (κ3) is 12.4. The Kier molecular flexibility index (Phi) is 18.5. The lowest BCUT2D eigenvalue weighted by atomic mass is 9.79. The first-order valence-corrected chi connectivity index (χ1v) is 24.0. The van der Waals surface area contributed by atoms with E-state index in [9.17, 15) is 44.4 Å². The molecule has 0 aromatic carbocycles. The number of aliphatic hydroxyl groups is 4. The summed E-state index contributed by atoms with van der Waals surface area (Å²) in [5, 5.41) is 44.1. The van der Waals surface area contributed by atoms with Crippen molar-refractivity contribution < 1.29 is 58.6 Å². The fourth-order valence-corrected chi connectivity index (χ4v) is 11.2. The number of carbonyl (C=O) groups is 5. The number of cyclic esters (lactones) is 1. The number of piperidine rings is 1. The van der Waals surface area contributed by atoms with Crippen LogP contribution in [-0.2, 0) is 38.2 Å². The number of carbonyl (C=O) groups excluding carboxylic acids is 5. The SMILES string of the molecule is CO[C@H]1C[C@@H]2CC[C@@H](C)[C@@](O)(O2)C(=O)C(=O)N2CCCC[C@H]2C(=O)O[C@H]([C@H](C)C[C@@H]2C[C@@H]3C[C@H]2C[C@H]3O)CC(=O)[C@H](C)/C=C(\C)[C@@H](O)[C@@H](CO)C(=O)[C@H](C)C[C@H](C)/C=C/C=CC=C1C. The van der Waals surface area contributed by atoms with Crippen molar-refractivity contribution >= 4 is 29.2 Å². The second-order valence-electron chi connectivity index (χ2n) is 20.3. The lowest BCUT2D eigenvalue weighted by Crippen LogP contribution is -2.61. The van der Waals surface area contributed by atoms with Crippen LogP contribution in [-0.4, -0.2) is 117 Å². The van der Waals surface area contributed by atoms with Crippen molar-refractivity contribution in [2.45, 2.75) is 168 Å². The molecule has 64 heavy (non-hydrogen) atoms. The number of ketones is 3. The first-order valence-electron chi connectivity index (χ1n) is 24.0. The van der Waals surface area contributed by atoms with Gasteiger partial charge in [-0.15, -0.1) is 0 Å². The molecule has 4 fully saturated rings. The summed E-state index contributed by atoms with van der Waals surface area (Å²) in [7, 11) is 1.57. The molecule has 16 atom stereocenters. The molecule has 3 aliphatic heterocycles. The van der Waals surface area contributed by atoms with Crippen LogP contribution < -0.4 is 0 Å². The molecule has 2 saturated carbocycles. The van der Waals surface area contributed by atoms with Crippen molar-refractivity contribution in [3.05, 3.63) is 47.6 Å². The number of hydrogen-bond acceptors (Lipinski definition) is 12. The normalized spacial score (nSPS) is 41.2. The Labute approximate surface area is 380 Å². The number of nitrogens with zero attached hydrogens (tertiary/aromatic N) is 1. The standard InChI is InChI=1S/C51H77NO12/c1-29-14-10-9-11-15-30(2)44(62-8)26-39-18-17-35(7)51(61,64-39)48(58)49(59)52-19-13-12-16-41(52)50(60)63-45(32(4)22-36-23-38-24-37(36)25-43(38)55)27-42(54)31(3)21-34(6)47(57)40(28-53)46(56)33(5)20-29/h9-11,14-15,21,29,31-33,35-41,43-45,47,53,55,57,61H,12-13,16-20,22-28H2,1-8H3/b11-9?,14-10+,30-15?,34-21+/t29-,31-,32-,33-,35-,36-,37+,38-,39+,40+,41+,43-,44+,45+,47-,51-/m1/s1. The highest BCUT2D eigenvalue weighted by Gasteiger charge is 2.53. The van der Waals surface area contributed by atoms with Crippen LogP contribution in [0.3, 0.4) is 0 Å². The van der Waals surface area contributed by atoms with Gasteiger partial charge in [-0.25, -0.2) is 4.79 Å². The van der Waals surface area contributed by atoms with Crippen molar-refractivity contribution in [2.24, 2.45) is 53.3 Å². The Morgan fingerprint density at radius 2 is 1.62 bits per heavy atom. The molecule has 0 spiro atoms. The van der Waals surface area contributed by atoms with E-state index in [0.717, 1.165) is 24.8 Å². The van der Waals surface area contributed by atoms with Gasteiger partial charge < -0.3 is 39.5 Å². The Morgan fingerprint density at radius 1 is 0.891 bits per heavy atom. The van der Waals surface area contributed by atoms with Gasteiger partial charge in [-0.3, -0.25) is 19.2 Å². The lowest BCUT2D eigenvalue weighted by molar-refractivity contribution is -0.265. The predicted molar refractivity (Wildman–Crippen MR) is 241 cm³/mol.